The molecule has 5 amide bonds. The Morgan fingerprint density at radius 2 is 1.88 bits per heavy atom. The Morgan fingerprint density at radius 3 is 2.61 bits per heavy atom. The average molecular weight is 683 g/mol. The molecule has 13 heteroatoms. The fourth-order valence-electron chi connectivity index (χ4n) is 5.71. The number of rotatable bonds is 8. The molecule has 0 radical (unpaired) electrons. The third-order valence-electron chi connectivity index (χ3n) is 8.02. The molecule has 2 aliphatic rings. The van der Waals surface area contributed by atoms with Gasteiger partial charge in [-0.05, 0) is 76.1 Å². The molecule has 1 unspecified atom stereocenters. The van der Waals surface area contributed by atoms with Crippen molar-refractivity contribution in [2.24, 2.45) is 0 Å². The van der Waals surface area contributed by atoms with Gasteiger partial charge < -0.3 is 29.9 Å². The number of nitrogens with one attached hydrogen (secondary N) is 2. The van der Waals surface area contributed by atoms with Crippen molar-refractivity contribution in [2.75, 3.05) is 36.9 Å². The van der Waals surface area contributed by atoms with Gasteiger partial charge in [0.1, 0.15) is 26.8 Å². The number of para-hydroxylation sites is 1. The van der Waals surface area contributed by atoms with Gasteiger partial charge in [0.05, 0.1) is 22.4 Å². The van der Waals surface area contributed by atoms with Gasteiger partial charge in [0.25, 0.3) is 5.91 Å². The number of amides is 5. The van der Waals surface area contributed by atoms with Crippen LogP contribution in [0.15, 0.2) is 72.9 Å². The van der Waals surface area contributed by atoms with Crippen molar-refractivity contribution >= 4 is 62.6 Å². The van der Waals surface area contributed by atoms with Crippen molar-refractivity contribution in [3.8, 4) is 11.5 Å². The molecule has 0 spiro atoms. The zero-order valence-electron chi connectivity index (χ0n) is 28.0. The number of anilines is 3. The normalized spacial score (nSPS) is 15.8. The minimum absolute atomic E-state index is 0.206. The summed E-state index contributed by atoms with van der Waals surface area (Å²) in [5.74, 6) is 0.810. The number of hydrogen-bond donors (Lipinski definition) is 2. The topological polar surface area (TPSA) is 133 Å². The van der Waals surface area contributed by atoms with Crippen LogP contribution in [0.1, 0.15) is 42.4 Å². The zero-order chi connectivity index (χ0) is 34.9. The number of pyridine rings is 1. The largest absolute Gasteiger partial charge is 0.457 e. The average Bonchev–Trinajstić information content (AvgIpc) is 3.67. The second kappa shape index (κ2) is 13.6. The maximum atomic E-state index is 13.6. The molecule has 1 fully saturated rings. The van der Waals surface area contributed by atoms with Crippen LogP contribution >= 0.6 is 11.3 Å². The van der Waals surface area contributed by atoms with E-state index < -0.39 is 17.7 Å². The Bertz CT molecular complexity index is 1950. The van der Waals surface area contributed by atoms with Crippen LogP contribution in [-0.4, -0.2) is 77.0 Å². The van der Waals surface area contributed by atoms with E-state index in [0.29, 0.717) is 63.2 Å². The highest BCUT2D eigenvalue weighted by molar-refractivity contribution is 7.21. The highest BCUT2D eigenvalue weighted by Crippen LogP contribution is 2.46. The monoisotopic (exact) mass is 682 g/mol. The molecule has 2 aromatic heterocycles. The van der Waals surface area contributed by atoms with Crippen LogP contribution in [0, 0.1) is 6.92 Å². The summed E-state index contributed by atoms with van der Waals surface area (Å²) in [6.07, 6.45) is 4.79. The number of carbonyl (C=O) groups is 4. The minimum atomic E-state index is -0.608. The van der Waals surface area contributed by atoms with Crippen LogP contribution < -0.4 is 20.3 Å². The maximum Gasteiger partial charge on any atom is 0.410 e. The summed E-state index contributed by atoms with van der Waals surface area (Å²) in [4.78, 5) is 62.3. The van der Waals surface area contributed by atoms with E-state index in [0.717, 1.165) is 5.56 Å². The van der Waals surface area contributed by atoms with E-state index in [1.54, 1.807) is 56.0 Å². The minimum Gasteiger partial charge on any atom is -0.457 e. The number of likely N-dealkylation sites (tertiary alicyclic amines) is 1. The Hall–Kier alpha value is -5.43. The molecule has 0 saturated carbocycles. The molecular formula is C36H38N6O6S. The molecule has 1 saturated heterocycles. The van der Waals surface area contributed by atoms with Crippen LogP contribution in [0.5, 0.6) is 11.5 Å². The molecule has 4 heterocycles. The lowest BCUT2D eigenvalue weighted by molar-refractivity contribution is -0.125. The van der Waals surface area contributed by atoms with Gasteiger partial charge in [-0.25, -0.2) is 14.6 Å². The summed E-state index contributed by atoms with van der Waals surface area (Å²) in [7, 11) is 1.60. The first-order valence-electron chi connectivity index (χ1n) is 15.9. The van der Waals surface area contributed by atoms with E-state index in [1.165, 1.54) is 22.3 Å². The molecule has 2 N–H and O–H groups in total. The number of benzene rings is 2. The third kappa shape index (κ3) is 7.36. The number of hydrogen-bond acceptors (Lipinski definition) is 8. The molecule has 12 nitrogen and oxygen atoms in total. The molecule has 4 aromatic rings. The van der Waals surface area contributed by atoms with E-state index in [2.05, 4.69) is 15.6 Å². The lowest BCUT2D eigenvalue weighted by Gasteiger charge is -2.29. The van der Waals surface area contributed by atoms with Crippen LogP contribution in [0.25, 0.3) is 10.2 Å². The number of aryl methyl sites for hydroxylation is 1. The van der Waals surface area contributed by atoms with E-state index >= 15 is 0 Å². The van der Waals surface area contributed by atoms with E-state index in [-0.39, 0.29) is 24.4 Å². The van der Waals surface area contributed by atoms with Gasteiger partial charge in [0.15, 0.2) is 0 Å². The molecule has 2 aliphatic heterocycles. The van der Waals surface area contributed by atoms with Crippen molar-refractivity contribution < 1.29 is 28.7 Å². The molecule has 0 bridgehead atoms. The van der Waals surface area contributed by atoms with Crippen molar-refractivity contribution in [3.63, 3.8) is 0 Å². The summed E-state index contributed by atoms with van der Waals surface area (Å²) in [6, 6.07) is 16.1. The second-order valence-corrected chi connectivity index (χ2v) is 14.0. The van der Waals surface area contributed by atoms with Crippen LogP contribution in [0.3, 0.4) is 0 Å². The summed E-state index contributed by atoms with van der Waals surface area (Å²) in [6.45, 7) is 8.32. The van der Waals surface area contributed by atoms with Gasteiger partial charge in [-0.3, -0.25) is 14.5 Å². The number of thiophene rings is 1. The first kappa shape index (κ1) is 33.5. The molecule has 254 valence electrons. The lowest BCUT2D eigenvalue weighted by atomic mass is 10.1. The number of aromatic nitrogens is 1. The Morgan fingerprint density at radius 1 is 1.10 bits per heavy atom. The Labute approximate surface area is 288 Å². The Kier molecular flexibility index (Phi) is 9.28. The van der Waals surface area contributed by atoms with Gasteiger partial charge in [-0.2, -0.15) is 0 Å². The van der Waals surface area contributed by atoms with E-state index in [1.807, 2.05) is 55.5 Å². The predicted molar refractivity (Wildman–Crippen MR) is 189 cm³/mol. The van der Waals surface area contributed by atoms with Gasteiger partial charge in [0, 0.05) is 45.0 Å². The van der Waals surface area contributed by atoms with Crippen LogP contribution in [0.4, 0.5) is 26.7 Å². The standard InChI is InChI=1S/C36H38N6O6S/c1-22-20-25(47-24-10-7-6-8-11-24)13-14-26(22)42-27-15-17-37-33-29(27)30(39-34(42)45)31(49-33)32(44)38-23-16-19-41(21-23)28(43)12-9-18-40(5)35(46)48-36(2,3)4/h6-15,17,20,23H,16,18-19,21H2,1-5H3,(H,38,44)(H,39,45)/b12-9+. The molecule has 0 aliphatic carbocycles. The van der Waals surface area contributed by atoms with Gasteiger partial charge in [0.2, 0.25) is 5.91 Å². The van der Waals surface area contributed by atoms with Crippen molar-refractivity contribution in [3.05, 3.63) is 83.4 Å². The first-order chi connectivity index (χ1) is 23.4. The quantitative estimate of drug-likeness (QED) is 0.195. The van der Waals surface area contributed by atoms with Crippen molar-refractivity contribution in [1.82, 2.24) is 20.1 Å². The number of likely N-dealkylation sites (N-methyl/N-ethyl adjacent to an activating group) is 1. The summed E-state index contributed by atoms with van der Waals surface area (Å²) >= 11 is 1.21. The third-order valence-corrected chi connectivity index (χ3v) is 9.12. The highest BCUT2D eigenvalue weighted by atomic mass is 32.1. The fraction of sp³-hybridized carbons (Fsp3) is 0.306. The number of carbonyl (C=O) groups excluding carboxylic acids is 4. The van der Waals surface area contributed by atoms with Crippen LogP contribution in [0.2, 0.25) is 0 Å². The SMILES string of the molecule is Cc1cc(Oc2ccccc2)ccc1N1C(=O)Nc2c(C(=O)NC3CCN(C(=O)/C=C/CN(C)C(=O)OC(C)(C)C)C3)sc3nccc1c23. The van der Waals surface area contributed by atoms with Gasteiger partial charge >= 0.3 is 12.1 Å². The molecule has 1 atom stereocenters. The lowest BCUT2D eigenvalue weighted by Crippen LogP contribution is -2.39. The Balaban J connectivity index is 1.12. The van der Waals surface area contributed by atoms with Crippen molar-refractivity contribution in [1.29, 1.82) is 0 Å². The van der Waals surface area contributed by atoms with Gasteiger partial charge in [-0.1, -0.05) is 24.3 Å². The fourth-order valence-corrected chi connectivity index (χ4v) is 6.73. The molecule has 2 aromatic carbocycles. The molecular weight excluding hydrogens is 644 g/mol. The number of nitrogens with zero attached hydrogens (tertiary/aromatic N) is 4. The zero-order valence-corrected chi connectivity index (χ0v) is 28.8. The highest BCUT2D eigenvalue weighted by Gasteiger charge is 2.35. The summed E-state index contributed by atoms with van der Waals surface area (Å²) < 4.78 is 11.3. The van der Waals surface area contributed by atoms with Gasteiger partial charge in [-0.15, -0.1) is 11.3 Å². The molecule has 49 heavy (non-hydrogen) atoms. The van der Waals surface area contributed by atoms with E-state index in [9.17, 15) is 19.2 Å². The number of ether oxygens (including phenoxy) is 2. The summed E-state index contributed by atoms with van der Waals surface area (Å²) in [5, 5.41) is 6.67. The smallest absolute Gasteiger partial charge is 0.410 e. The van der Waals surface area contributed by atoms with Crippen molar-refractivity contribution in [2.45, 2.75) is 45.8 Å². The predicted octanol–water partition coefficient (Wildman–Crippen LogP) is 6.83. The second-order valence-electron chi connectivity index (χ2n) is 13.0. The van der Waals surface area contributed by atoms with E-state index in [4.69, 9.17) is 9.47 Å². The maximum absolute atomic E-state index is 13.6. The summed E-state index contributed by atoms with van der Waals surface area (Å²) in [5.41, 5.74) is 1.95. The number of urea groups is 1. The first-order valence-corrected chi connectivity index (χ1v) is 16.8. The van der Waals surface area contributed by atoms with Crippen LogP contribution in [-0.2, 0) is 9.53 Å². The molecule has 6 rings (SSSR count).